The minimum atomic E-state index is 0.445. The van der Waals surface area contributed by atoms with Gasteiger partial charge >= 0.3 is 0 Å². The number of nitriles is 1. The largest absolute Gasteiger partial charge is 0.339 e. The lowest BCUT2D eigenvalue weighted by Gasteiger charge is -2.08. The van der Waals surface area contributed by atoms with Crippen molar-refractivity contribution in [3.8, 4) is 6.07 Å². The van der Waals surface area contributed by atoms with E-state index in [2.05, 4.69) is 40.4 Å². The van der Waals surface area contributed by atoms with Gasteiger partial charge in [-0.3, -0.25) is 0 Å². The van der Waals surface area contributed by atoms with Crippen molar-refractivity contribution in [1.29, 1.82) is 5.26 Å². The molecule has 90 valence electrons. The number of benzene rings is 1. The SMILES string of the molecule is CCc1ccc(Nc2nc(C)ncc2C#N)cc1. The van der Waals surface area contributed by atoms with Gasteiger partial charge in [0.15, 0.2) is 5.82 Å². The lowest BCUT2D eigenvalue weighted by Crippen LogP contribution is -2.00. The lowest BCUT2D eigenvalue weighted by atomic mass is 10.1. The number of aryl methyl sites for hydroxylation is 2. The summed E-state index contributed by atoms with van der Waals surface area (Å²) in [5.74, 6) is 1.19. The van der Waals surface area contributed by atoms with Crippen LogP contribution in [0.3, 0.4) is 0 Å². The molecule has 0 spiro atoms. The predicted octanol–water partition coefficient (Wildman–Crippen LogP) is 2.96. The third-order valence-corrected chi connectivity index (χ3v) is 2.65. The van der Waals surface area contributed by atoms with E-state index >= 15 is 0 Å². The van der Waals surface area contributed by atoms with Crippen LogP contribution >= 0.6 is 0 Å². The Morgan fingerprint density at radius 3 is 2.61 bits per heavy atom. The fourth-order valence-electron chi connectivity index (χ4n) is 1.61. The molecule has 2 rings (SSSR count). The van der Waals surface area contributed by atoms with Gasteiger partial charge in [-0.1, -0.05) is 19.1 Å². The first-order valence-corrected chi connectivity index (χ1v) is 5.82. The van der Waals surface area contributed by atoms with Crippen LogP contribution in [-0.4, -0.2) is 9.97 Å². The fraction of sp³-hybridized carbons (Fsp3) is 0.214. The van der Waals surface area contributed by atoms with Gasteiger partial charge in [-0.15, -0.1) is 0 Å². The lowest BCUT2D eigenvalue weighted by molar-refractivity contribution is 1.05. The Morgan fingerprint density at radius 2 is 2.00 bits per heavy atom. The molecule has 1 aromatic heterocycles. The maximum Gasteiger partial charge on any atom is 0.152 e. The normalized spacial score (nSPS) is 9.83. The molecule has 0 aliphatic heterocycles. The van der Waals surface area contributed by atoms with Gasteiger partial charge in [0.2, 0.25) is 0 Å². The summed E-state index contributed by atoms with van der Waals surface area (Å²) < 4.78 is 0. The summed E-state index contributed by atoms with van der Waals surface area (Å²) in [6.45, 7) is 3.91. The summed E-state index contributed by atoms with van der Waals surface area (Å²) in [7, 11) is 0. The monoisotopic (exact) mass is 238 g/mol. The number of nitrogens with zero attached hydrogens (tertiary/aromatic N) is 3. The second kappa shape index (κ2) is 5.28. The van der Waals surface area contributed by atoms with Crippen molar-refractivity contribution in [1.82, 2.24) is 9.97 Å². The van der Waals surface area contributed by atoms with E-state index in [9.17, 15) is 0 Å². The van der Waals surface area contributed by atoms with Gasteiger partial charge in [0.25, 0.3) is 0 Å². The Hall–Kier alpha value is -2.41. The van der Waals surface area contributed by atoms with Crippen molar-refractivity contribution < 1.29 is 0 Å². The smallest absolute Gasteiger partial charge is 0.152 e. The van der Waals surface area contributed by atoms with Crippen LogP contribution in [-0.2, 0) is 6.42 Å². The Bertz CT molecular complexity index is 582. The Kier molecular flexibility index (Phi) is 3.54. The highest BCUT2D eigenvalue weighted by Crippen LogP contribution is 2.18. The Balaban J connectivity index is 2.27. The van der Waals surface area contributed by atoms with Crippen molar-refractivity contribution >= 4 is 11.5 Å². The molecule has 0 saturated carbocycles. The van der Waals surface area contributed by atoms with Crippen LogP contribution in [0.2, 0.25) is 0 Å². The molecule has 4 nitrogen and oxygen atoms in total. The third-order valence-electron chi connectivity index (χ3n) is 2.65. The summed E-state index contributed by atoms with van der Waals surface area (Å²) in [6.07, 6.45) is 2.54. The van der Waals surface area contributed by atoms with Crippen LogP contribution in [0.1, 0.15) is 23.9 Å². The standard InChI is InChI=1S/C14H14N4/c1-3-11-4-6-13(7-5-11)18-14-12(8-15)9-16-10(2)17-14/h4-7,9H,3H2,1-2H3,(H,16,17,18). The minimum absolute atomic E-state index is 0.445. The quantitative estimate of drug-likeness (QED) is 0.893. The summed E-state index contributed by atoms with van der Waals surface area (Å²) in [5.41, 5.74) is 2.64. The summed E-state index contributed by atoms with van der Waals surface area (Å²) >= 11 is 0. The van der Waals surface area contributed by atoms with Crippen molar-refractivity contribution in [2.24, 2.45) is 0 Å². The van der Waals surface area contributed by atoms with Crippen LogP contribution in [0.25, 0.3) is 0 Å². The number of nitrogens with one attached hydrogen (secondary N) is 1. The van der Waals surface area contributed by atoms with E-state index in [0.717, 1.165) is 12.1 Å². The van der Waals surface area contributed by atoms with Crippen LogP contribution < -0.4 is 5.32 Å². The van der Waals surface area contributed by atoms with Gasteiger partial charge in [0.05, 0.1) is 6.20 Å². The van der Waals surface area contributed by atoms with Crippen molar-refractivity contribution in [3.05, 3.63) is 47.4 Å². The molecule has 2 aromatic rings. The maximum atomic E-state index is 9.00. The summed E-state index contributed by atoms with van der Waals surface area (Å²) in [6, 6.07) is 10.2. The molecule has 0 atom stereocenters. The highest BCUT2D eigenvalue weighted by atomic mass is 15.0. The van der Waals surface area contributed by atoms with E-state index < -0.39 is 0 Å². The van der Waals surface area contributed by atoms with E-state index in [-0.39, 0.29) is 0 Å². The number of aromatic nitrogens is 2. The molecule has 0 unspecified atom stereocenters. The molecular weight excluding hydrogens is 224 g/mol. The topological polar surface area (TPSA) is 61.6 Å². The molecule has 0 aliphatic carbocycles. The number of anilines is 2. The molecule has 0 fully saturated rings. The van der Waals surface area contributed by atoms with Crippen LogP contribution in [0.5, 0.6) is 0 Å². The molecule has 0 radical (unpaired) electrons. The van der Waals surface area contributed by atoms with E-state index in [1.54, 1.807) is 6.92 Å². The van der Waals surface area contributed by atoms with Crippen molar-refractivity contribution in [3.63, 3.8) is 0 Å². The van der Waals surface area contributed by atoms with Gasteiger partial charge in [0.1, 0.15) is 17.5 Å². The fourth-order valence-corrected chi connectivity index (χ4v) is 1.61. The van der Waals surface area contributed by atoms with Gasteiger partial charge in [-0.2, -0.15) is 5.26 Å². The summed E-state index contributed by atoms with van der Waals surface area (Å²) in [5, 5.41) is 12.1. The van der Waals surface area contributed by atoms with Crippen molar-refractivity contribution in [2.75, 3.05) is 5.32 Å². The minimum Gasteiger partial charge on any atom is -0.339 e. The van der Waals surface area contributed by atoms with E-state index in [4.69, 9.17) is 5.26 Å². The van der Waals surface area contributed by atoms with Gasteiger partial charge in [0, 0.05) is 5.69 Å². The highest BCUT2D eigenvalue weighted by Gasteiger charge is 2.05. The number of hydrogen-bond donors (Lipinski definition) is 1. The molecule has 0 bridgehead atoms. The molecule has 1 heterocycles. The third kappa shape index (κ3) is 2.64. The molecule has 18 heavy (non-hydrogen) atoms. The first-order chi connectivity index (χ1) is 8.72. The van der Waals surface area contributed by atoms with E-state index in [1.807, 2.05) is 12.1 Å². The zero-order valence-corrected chi connectivity index (χ0v) is 10.4. The van der Waals surface area contributed by atoms with Crippen LogP contribution in [0.4, 0.5) is 11.5 Å². The van der Waals surface area contributed by atoms with Crippen LogP contribution in [0, 0.1) is 18.3 Å². The summed E-state index contributed by atoms with van der Waals surface area (Å²) in [4.78, 5) is 8.24. The molecular formula is C14H14N4. The Labute approximate surface area is 106 Å². The number of rotatable bonds is 3. The highest BCUT2D eigenvalue weighted by molar-refractivity contribution is 5.62. The van der Waals surface area contributed by atoms with Gasteiger partial charge in [-0.05, 0) is 31.0 Å². The molecule has 0 amide bonds. The molecule has 4 heteroatoms. The average molecular weight is 238 g/mol. The first kappa shape index (κ1) is 12.1. The van der Waals surface area contributed by atoms with E-state index in [0.29, 0.717) is 17.2 Å². The van der Waals surface area contributed by atoms with Crippen LogP contribution in [0.15, 0.2) is 30.5 Å². The van der Waals surface area contributed by atoms with Gasteiger partial charge in [-0.25, -0.2) is 9.97 Å². The zero-order chi connectivity index (χ0) is 13.0. The van der Waals surface area contributed by atoms with Crippen molar-refractivity contribution in [2.45, 2.75) is 20.3 Å². The molecule has 0 aliphatic rings. The maximum absolute atomic E-state index is 9.00. The second-order valence-electron chi connectivity index (χ2n) is 3.97. The first-order valence-electron chi connectivity index (χ1n) is 5.82. The second-order valence-corrected chi connectivity index (χ2v) is 3.97. The van der Waals surface area contributed by atoms with Gasteiger partial charge < -0.3 is 5.32 Å². The Morgan fingerprint density at radius 1 is 1.28 bits per heavy atom. The number of hydrogen-bond acceptors (Lipinski definition) is 4. The molecule has 1 aromatic carbocycles. The average Bonchev–Trinajstić information content (AvgIpc) is 2.40. The molecule has 0 saturated heterocycles. The molecule has 1 N–H and O–H groups in total. The van der Waals surface area contributed by atoms with E-state index in [1.165, 1.54) is 11.8 Å². The predicted molar refractivity (Wildman–Crippen MR) is 70.6 cm³/mol. The zero-order valence-electron chi connectivity index (χ0n) is 10.4.